The molecule has 2 aromatic carbocycles. The van der Waals surface area contributed by atoms with Crippen LogP contribution < -0.4 is 15.4 Å². The number of esters is 2. The molecule has 0 aliphatic heterocycles. The first-order valence-corrected chi connectivity index (χ1v) is 19.2. The standard InChI is InChI=1S/C38H53N2O11P/c1-7-48-52(46,49-8-2)26-35(42)40-32(25-30-16-18-31(47-6)19-17-30)37(44)39-22-20-36(43)50-34(24-27(3)4)38(45)51-33(21-23-41)28(5)14-15-29-12-10-9-11-13-29/h9-19,23,27-28,32-34H,7-8,20-22,24-26H2,1-6H3,(H,39,44)(H,40,42)/b15-14+/t28-,32-,33+,34+/m1/s1. The van der Waals surface area contributed by atoms with Crippen molar-refractivity contribution in [3.05, 3.63) is 71.8 Å². The molecule has 0 spiro atoms. The summed E-state index contributed by atoms with van der Waals surface area (Å²) in [5.41, 5.74) is 1.65. The Hall–Kier alpha value is -4.32. The van der Waals surface area contributed by atoms with Gasteiger partial charge in [-0.15, -0.1) is 0 Å². The van der Waals surface area contributed by atoms with E-state index in [9.17, 15) is 28.5 Å². The number of carbonyl (C=O) groups excluding carboxylic acids is 5. The van der Waals surface area contributed by atoms with Crippen LogP contribution in [0.15, 0.2) is 60.7 Å². The van der Waals surface area contributed by atoms with Crippen molar-refractivity contribution < 1.29 is 51.8 Å². The van der Waals surface area contributed by atoms with Gasteiger partial charge >= 0.3 is 19.5 Å². The molecular formula is C38H53N2O11P. The van der Waals surface area contributed by atoms with Gasteiger partial charge in [-0.2, -0.15) is 0 Å². The van der Waals surface area contributed by atoms with E-state index in [4.69, 9.17) is 23.3 Å². The molecule has 14 heteroatoms. The van der Waals surface area contributed by atoms with Crippen molar-refractivity contribution in [1.82, 2.24) is 10.6 Å². The first-order valence-electron chi connectivity index (χ1n) is 17.5. The third-order valence-corrected chi connectivity index (χ3v) is 9.64. The van der Waals surface area contributed by atoms with E-state index in [-0.39, 0.29) is 57.3 Å². The molecular weight excluding hydrogens is 691 g/mol. The zero-order valence-corrected chi connectivity index (χ0v) is 31.8. The quantitative estimate of drug-likeness (QED) is 0.0812. The molecule has 0 aliphatic rings. The zero-order valence-electron chi connectivity index (χ0n) is 30.9. The topological polar surface area (TPSA) is 173 Å². The van der Waals surface area contributed by atoms with Gasteiger partial charge in [0.15, 0.2) is 6.10 Å². The number of benzene rings is 2. The monoisotopic (exact) mass is 744 g/mol. The lowest BCUT2D eigenvalue weighted by Gasteiger charge is -2.24. The largest absolute Gasteiger partial charge is 0.497 e. The summed E-state index contributed by atoms with van der Waals surface area (Å²) in [5.74, 6) is -2.58. The van der Waals surface area contributed by atoms with Gasteiger partial charge in [-0.1, -0.05) is 75.4 Å². The normalized spacial score (nSPS) is 13.8. The van der Waals surface area contributed by atoms with E-state index in [2.05, 4.69) is 10.6 Å². The lowest BCUT2D eigenvalue weighted by Crippen LogP contribution is -2.49. The Morgan fingerprint density at radius 2 is 1.56 bits per heavy atom. The third kappa shape index (κ3) is 16.4. The molecule has 52 heavy (non-hydrogen) atoms. The van der Waals surface area contributed by atoms with Crippen LogP contribution in [0.5, 0.6) is 5.75 Å². The smallest absolute Gasteiger partial charge is 0.347 e. The first-order chi connectivity index (χ1) is 24.8. The minimum atomic E-state index is -3.74. The highest BCUT2D eigenvalue weighted by atomic mass is 31.2. The molecule has 2 rings (SSSR count). The van der Waals surface area contributed by atoms with Gasteiger partial charge < -0.3 is 38.7 Å². The molecule has 0 heterocycles. The minimum absolute atomic E-state index is 0.0342. The van der Waals surface area contributed by atoms with Crippen molar-refractivity contribution in [2.75, 3.05) is 33.0 Å². The number of aldehydes is 1. The zero-order chi connectivity index (χ0) is 38.5. The lowest BCUT2D eigenvalue weighted by atomic mass is 10.00. The van der Waals surface area contributed by atoms with Gasteiger partial charge in [0.05, 0.1) is 26.7 Å². The van der Waals surface area contributed by atoms with Gasteiger partial charge in [0.25, 0.3) is 0 Å². The molecule has 0 saturated heterocycles. The van der Waals surface area contributed by atoms with Crippen molar-refractivity contribution in [3.63, 3.8) is 0 Å². The molecule has 0 saturated carbocycles. The SMILES string of the molecule is CCOP(=O)(CC(=O)N[C@H](Cc1ccc(OC)cc1)C(=O)NCCC(=O)O[C@@H](CC(C)C)C(=O)O[C@@H](CC=O)[C@H](C)/C=C/c1ccccc1)OCC. The lowest BCUT2D eigenvalue weighted by molar-refractivity contribution is -0.174. The molecule has 4 atom stereocenters. The Morgan fingerprint density at radius 1 is 0.904 bits per heavy atom. The number of carbonyl (C=O) groups is 5. The second-order valence-corrected chi connectivity index (χ2v) is 14.5. The number of hydrogen-bond donors (Lipinski definition) is 2. The van der Waals surface area contributed by atoms with Gasteiger partial charge in [0.2, 0.25) is 11.8 Å². The molecule has 2 N–H and O–H groups in total. The Labute approximate surface area is 306 Å². The molecule has 0 radical (unpaired) electrons. The Balaban J connectivity index is 2.07. The third-order valence-electron chi connectivity index (χ3n) is 7.66. The van der Waals surface area contributed by atoms with E-state index in [1.165, 1.54) is 7.11 Å². The Kier molecular flexibility index (Phi) is 19.6. The van der Waals surface area contributed by atoms with Crippen LogP contribution >= 0.6 is 7.60 Å². The molecule has 0 bridgehead atoms. The number of ether oxygens (including phenoxy) is 3. The van der Waals surface area contributed by atoms with Crippen LogP contribution in [0, 0.1) is 11.8 Å². The maximum Gasteiger partial charge on any atom is 0.347 e. The molecule has 0 aromatic heterocycles. The summed E-state index contributed by atoms with van der Waals surface area (Å²) in [4.78, 5) is 63.9. The first kappa shape index (κ1) is 43.8. The highest BCUT2D eigenvalue weighted by molar-refractivity contribution is 7.54. The van der Waals surface area contributed by atoms with Crippen molar-refractivity contribution in [2.24, 2.45) is 11.8 Å². The van der Waals surface area contributed by atoms with Gasteiger partial charge in [0.1, 0.15) is 30.3 Å². The van der Waals surface area contributed by atoms with Crippen LogP contribution in [-0.4, -0.2) is 81.3 Å². The molecule has 286 valence electrons. The summed E-state index contributed by atoms with van der Waals surface area (Å²) in [6, 6.07) is 15.3. The average Bonchev–Trinajstić information content (AvgIpc) is 3.10. The van der Waals surface area contributed by atoms with Crippen molar-refractivity contribution in [2.45, 2.75) is 78.6 Å². The predicted octanol–water partition coefficient (Wildman–Crippen LogP) is 5.30. The fourth-order valence-electron chi connectivity index (χ4n) is 5.03. The van der Waals surface area contributed by atoms with Crippen LogP contribution in [0.2, 0.25) is 0 Å². The molecule has 0 unspecified atom stereocenters. The van der Waals surface area contributed by atoms with Gasteiger partial charge in [-0.25, -0.2) is 4.79 Å². The molecule has 2 aromatic rings. The summed E-state index contributed by atoms with van der Waals surface area (Å²) in [6.07, 6.45) is 1.76. The van der Waals surface area contributed by atoms with Crippen LogP contribution in [-0.2, 0) is 53.5 Å². The molecule has 0 aliphatic carbocycles. The number of rotatable bonds is 24. The van der Waals surface area contributed by atoms with Crippen LogP contribution in [0.3, 0.4) is 0 Å². The van der Waals surface area contributed by atoms with E-state index in [1.807, 2.05) is 63.3 Å². The second-order valence-electron chi connectivity index (χ2n) is 12.4. The van der Waals surface area contributed by atoms with E-state index < -0.39 is 55.8 Å². The number of nitrogens with one attached hydrogen (secondary N) is 2. The summed E-state index contributed by atoms with van der Waals surface area (Å²) < 4.78 is 39.8. The Morgan fingerprint density at radius 3 is 2.13 bits per heavy atom. The van der Waals surface area contributed by atoms with Gasteiger partial charge in [-0.3, -0.25) is 18.9 Å². The summed E-state index contributed by atoms with van der Waals surface area (Å²) in [5, 5.41) is 5.24. The van der Waals surface area contributed by atoms with E-state index >= 15 is 0 Å². The van der Waals surface area contributed by atoms with Crippen molar-refractivity contribution >= 4 is 43.7 Å². The van der Waals surface area contributed by atoms with Crippen molar-refractivity contribution in [3.8, 4) is 5.75 Å². The maximum absolute atomic E-state index is 13.3. The average molecular weight is 745 g/mol. The van der Waals surface area contributed by atoms with E-state index in [1.54, 1.807) is 38.1 Å². The minimum Gasteiger partial charge on any atom is -0.497 e. The highest BCUT2D eigenvalue weighted by Crippen LogP contribution is 2.47. The van der Waals surface area contributed by atoms with Gasteiger partial charge in [0, 0.05) is 25.3 Å². The summed E-state index contributed by atoms with van der Waals surface area (Å²) >= 11 is 0. The fourth-order valence-corrected chi connectivity index (χ4v) is 6.52. The maximum atomic E-state index is 13.3. The number of amides is 2. The number of hydrogen-bond acceptors (Lipinski definition) is 11. The fraction of sp³-hybridized carbons (Fsp3) is 0.500. The molecule has 2 amide bonds. The van der Waals surface area contributed by atoms with Crippen LogP contribution in [0.4, 0.5) is 0 Å². The predicted molar refractivity (Wildman–Crippen MR) is 197 cm³/mol. The highest BCUT2D eigenvalue weighted by Gasteiger charge is 2.32. The summed E-state index contributed by atoms with van der Waals surface area (Å²) in [6.45, 7) is 8.77. The number of methoxy groups -OCH3 is 1. The molecule has 13 nitrogen and oxygen atoms in total. The Bertz CT molecular complexity index is 1490. The molecule has 0 fully saturated rings. The van der Waals surface area contributed by atoms with Gasteiger partial charge in [-0.05, 0) is 49.4 Å². The van der Waals surface area contributed by atoms with E-state index in [0.29, 0.717) is 17.6 Å². The van der Waals surface area contributed by atoms with Crippen LogP contribution in [0.1, 0.15) is 65.0 Å². The summed E-state index contributed by atoms with van der Waals surface area (Å²) in [7, 11) is -2.21. The van der Waals surface area contributed by atoms with Crippen molar-refractivity contribution in [1.29, 1.82) is 0 Å². The van der Waals surface area contributed by atoms with Crippen LogP contribution in [0.25, 0.3) is 6.08 Å². The van der Waals surface area contributed by atoms with E-state index in [0.717, 1.165) is 5.56 Å². The second kappa shape index (κ2) is 23.3.